The second-order valence-electron chi connectivity index (χ2n) is 7.85. The Labute approximate surface area is 196 Å². The molecule has 0 unspecified atom stereocenters. The third kappa shape index (κ3) is 5.96. The summed E-state index contributed by atoms with van der Waals surface area (Å²) in [5, 5.41) is 9.29. The lowest BCUT2D eigenvalue weighted by Crippen LogP contribution is -2.04. The second kappa shape index (κ2) is 10.9. The average Bonchev–Trinajstić information content (AvgIpc) is 3.47. The van der Waals surface area contributed by atoms with Gasteiger partial charge >= 0.3 is 0 Å². The Hall–Kier alpha value is -3.78. The summed E-state index contributed by atoms with van der Waals surface area (Å²) in [5.74, 6) is 0.430. The molecule has 1 N–H and O–H groups in total. The van der Waals surface area contributed by atoms with Crippen LogP contribution in [0.2, 0.25) is 0 Å². The summed E-state index contributed by atoms with van der Waals surface area (Å²) in [6, 6.07) is 9.34. The van der Waals surface area contributed by atoms with Gasteiger partial charge in [-0.25, -0.2) is 18.7 Å². The van der Waals surface area contributed by atoms with E-state index in [0.717, 1.165) is 36.8 Å². The third-order valence-corrected chi connectivity index (χ3v) is 5.43. The molecule has 6 nitrogen and oxygen atoms in total. The van der Waals surface area contributed by atoms with Crippen LogP contribution in [-0.4, -0.2) is 19.6 Å². The topological polar surface area (TPSA) is 73.3 Å². The summed E-state index contributed by atoms with van der Waals surface area (Å²) in [6.45, 7) is 3.01. The normalized spacial score (nSPS) is 11.4. The van der Waals surface area contributed by atoms with Crippen molar-refractivity contribution in [3.63, 3.8) is 0 Å². The fourth-order valence-electron chi connectivity index (χ4n) is 3.59. The first-order valence-electron chi connectivity index (χ1n) is 10.9. The van der Waals surface area contributed by atoms with Gasteiger partial charge in [0.1, 0.15) is 48.4 Å². The minimum Gasteiger partial charge on any atom is -0.487 e. The van der Waals surface area contributed by atoms with Crippen LogP contribution in [0.3, 0.4) is 0 Å². The summed E-state index contributed by atoms with van der Waals surface area (Å²) in [6.07, 6.45) is 9.89. The van der Waals surface area contributed by atoms with E-state index >= 15 is 0 Å². The first-order valence-corrected chi connectivity index (χ1v) is 10.9. The van der Waals surface area contributed by atoms with Crippen molar-refractivity contribution in [3.05, 3.63) is 101 Å². The molecule has 0 amide bonds. The summed E-state index contributed by atoms with van der Waals surface area (Å²) >= 11 is 0. The van der Waals surface area contributed by atoms with Crippen molar-refractivity contribution in [2.45, 2.75) is 39.5 Å². The lowest BCUT2D eigenvalue weighted by atomic mass is 10.0. The molecule has 2 aromatic heterocycles. The van der Waals surface area contributed by atoms with Crippen LogP contribution in [0.25, 0.3) is 12.2 Å². The van der Waals surface area contributed by atoms with Gasteiger partial charge in [-0.3, -0.25) is 0 Å². The van der Waals surface area contributed by atoms with Gasteiger partial charge in [0.15, 0.2) is 0 Å². The van der Waals surface area contributed by atoms with E-state index in [1.165, 1.54) is 36.1 Å². The fourth-order valence-corrected chi connectivity index (χ4v) is 3.59. The second-order valence-corrected chi connectivity index (χ2v) is 7.85. The van der Waals surface area contributed by atoms with Gasteiger partial charge in [0.25, 0.3) is 0 Å². The molecule has 0 aliphatic heterocycles. The molecule has 2 aromatic carbocycles. The van der Waals surface area contributed by atoms with Crippen LogP contribution in [0.15, 0.2) is 59.5 Å². The average molecular weight is 466 g/mol. The van der Waals surface area contributed by atoms with Crippen molar-refractivity contribution >= 4 is 12.2 Å². The van der Waals surface area contributed by atoms with Crippen LogP contribution in [0.4, 0.5) is 8.78 Å². The number of benzene rings is 2. The molecule has 2 heterocycles. The fraction of sp³-hybridized carbons (Fsp3) is 0.231. The van der Waals surface area contributed by atoms with Crippen molar-refractivity contribution in [2.24, 2.45) is 0 Å². The molecule has 0 atom stereocenters. The van der Waals surface area contributed by atoms with E-state index in [1.54, 1.807) is 6.20 Å². The van der Waals surface area contributed by atoms with Crippen LogP contribution >= 0.6 is 0 Å². The molecular weight excluding hydrogens is 440 g/mol. The largest absolute Gasteiger partial charge is 0.487 e. The SMILES string of the molecule is Cc1cc(OCc2coc(/C=C/c3ccc(F)cc3F)n2)ccc1CCCn1ccnc1CO. The van der Waals surface area contributed by atoms with E-state index in [4.69, 9.17) is 9.15 Å². The Bertz CT molecular complexity index is 1280. The Morgan fingerprint density at radius 1 is 1.15 bits per heavy atom. The number of aryl methyl sites for hydroxylation is 3. The standard InChI is InChI=1S/C26H25F2N3O3/c1-18-13-23(8-5-19(18)3-2-11-31-12-10-29-25(31)15-32)33-16-22-17-34-26(30-22)9-6-20-4-7-21(27)14-24(20)28/h4-10,12-14,17,32H,2-3,11,15-16H2,1H3/b9-6+. The van der Waals surface area contributed by atoms with Crippen molar-refractivity contribution < 1.29 is 23.0 Å². The van der Waals surface area contributed by atoms with Crippen molar-refractivity contribution in [1.82, 2.24) is 14.5 Å². The molecular formula is C26H25F2N3O3. The van der Waals surface area contributed by atoms with Gasteiger partial charge < -0.3 is 18.8 Å². The van der Waals surface area contributed by atoms with E-state index in [2.05, 4.69) is 16.0 Å². The lowest BCUT2D eigenvalue weighted by molar-refractivity contribution is 0.264. The van der Waals surface area contributed by atoms with Crippen LogP contribution in [0.5, 0.6) is 5.75 Å². The molecule has 0 fully saturated rings. The van der Waals surface area contributed by atoms with Crippen LogP contribution < -0.4 is 4.74 Å². The summed E-state index contributed by atoms with van der Waals surface area (Å²) in [7, 11) is 0. The Kier molecular flexibility index (Phi) is 7.49. The maximum Gasteiger partial charge on any atom is 0.218 e. The zero-order valence-electron chi connectivity index (χ0n) is 18.7. The van der Waals surface area contributed by atoms with Crippen molar-refractivity contribution in [2.75, 3.05) is 0 Å². The molecule has 0 spiro atoms. The van der Waals surface area contributed by atoms with Gasteiger partial charge in [-0.2, -0.15) is 0 Å². The number of aliphatic hydroxyl groups excluding tert-OH is 1. The zero-order chi connectivity index (χ0) is 23.9. The van der Waals surface area contributed by atoms with E-state index in [-0.39, 0.29) is 18.8 Å². The van der Waals surface area contributed by atoms with Gasteiger partial charge in [-0.05, 0) is 61.2 Å². The van der Waals surface area contributed by atoms with Gasteiger partial charge in [-0.15, -0.1) is 0 Å². The van der Waals surface area contributed by atoms with E-state index in [9.17, 15) is 13.9 Å². The monoisotopic (exact) mass is 465 g/mol. The molecule has 0 radical (unpaired) electrons. The maximum absolute atomic E-state index is 13.7. The number of aromatic nitrogens is 3. The van der Waals surface area contributed by atoms with Crippen molar-refractivity contribution in [3.8, 4) is 5.75 Å². The smallest absolute Gasteiger partial charge is 0.218 e. The molecule has 0 aliphatic carbocycles. The Balaban J connectivity index is 1.29. The highest BCUT2D eigenvalue weighted by molar-refractivity contribution is 5.66. The molecule has 0 saturated heterocycles. The minimum absolute atomic E-state index is 0.0613. The molecule has 4 rings (SSSR count). The van der Waals surface area contributed by atoms with Gasteiger partial charge in [0.2, 0.25) is 5.89 Å². The maximum atomic E-state index is 13.7. The predicted octanol–water partition coefficient (Wildman–Crippen LogP) is 5.33. The molecule has 0 saturated carbocycles. The predicted molar refractivity (Wildman–Crippen MR) is 124 cm³/mol. The highest BCUT2D eigenvalue weighted by Gasteiger charge is 2.07. The quantitative estimate of drug-likeness (QED) is 0.343. The van der Waals surface area contributed by atoms with Gasteiger partial charge in [0.05, 0.1) is 0 Å². The van der Waals surface area contributed by atoms with Gasteiger partial charge in [0, 0.05) is 36.6 Å². The highest BCUT2D eigenvalue weighted by atomic mass is 19.1. The number of aliphatic hydroxyl groups is 1. The van der Waals surface area contributed by atoms with E-state index < -0.39 is 11.6 Å². The summed E-state index contributed by atoms with van der Waals surface area (Å²) < 4.78 is 39.9. The third-order valence-electron chi connectivity index (χ3n) is 5.43. The van der Waals surface area contributed by atoms with E-state index in [1.807, 2.05) is 29.8 Å². The summed E-state index contributed by atoms with van der Waals surface area (Å²) in [4.78, 5) is 8.43. The highest BCUT2D eigenvalue weighted by Crippen LogP contribution is 2.20. The number of imidazole rings is 1. The number of hydrogen-bond donors (Lipinski definition) is 1. The molecule has 0 aliphatic rings. The Morgan fingerprint density at radius 2 is 2.03 bits per heavy atom. The number of hydrogen-bond acceptors (Lipinski definition) is 5. The van der Waals surface area contributed by atoms with Crippen LogP contribution in [0, 0.1) is 18.6 Å². The molecule has 176 valence electrons. The number of ether oxygens (including phenoxy) is 1. The minimum atomic E-state index is -0.651. The molecule has 0 bridgehead atoms. The molecule has 8 heteroatoms. The number of rotatable bonds is 10. The Morgan fingerprint density at radius 3 is 2.82 bits per heavy atom. The molecule has 4 aromatic rings. The first kappa shape index (κ1) is 23.4. The van der Waals surface area contributed by atoms with Crippen LogP contribution in [0.1, 0.15) is 40.5 Å². The van der Waals surface area contributed by atoms with Crippen molar-refractivity contribution in [1.29, 1.82) is 0 Å². The number of nitrogens with zero attached hydrogens (tertiary/aromatic N) is 3. The van der Waals surface area contributed by atoms with Gasteiger partial charge in [-0.1, -0.05) is 6.07 Å². The molecule has 34 heavy (non-hydrogen) atoms. The summed E-state index contributed by atoms with van der Waals surface area (Å²) in [5.41, 5.74) is 3.21. The number of oxazole rings is 1. The first-order chi connectivity index (χ1) is 16.5. The zero-order valence-corrected chi connectivity index (χ0v) is 18.7. The number of halogens is 2. The van der Waals surface area contributed by atoms with E-state index in [0.29, 0.717) is 17.4 Å². The van der Waals surface area contributed by atoms with Crippen LogP contribution in [-0.2, 0) is 26.2 Å². The lowest BCUT2D eigenvalue weighted by Gasteiger charge is -2.10.